The number of fused-ring (bicyclic) bond motifs is 1. The van der Waals surface area contributed by atoms with Crippen molar-refractivity contribution in [3.05, 3.63) is 45.4 Å². The molecule has 0 amide bonds. The number of likely N-dealkylation sites (N-methyl/N-ethyl adjacent to an activating group) is 1. The smallest absolute Gasteiger partial charge is 0.161 e. The lowest BCUT2D eigenvalue weighted by Gasteiger charge is -2.35. The molecule has 0 aliphatic carbocycles. The van der Waals surface area contributed by atoms with Crippen LogP contribution < -0.4 is 18.9 Å². The molecule has 3 rings (SSSR count). The molecule has 2 aromatic rings. The van der Waals surface area contributed by atoms with Crippen LogP contribution in [0.5, 0.6) is 23.0 Å². The van der Waals surface area contributed by atoms with Crippen molar-refractivity contribution in [2.75, 3.05) is 42.0 Å². The molecule has 0 radical (unpaired) electrons. The largest absolute Gasteiger partial charge is 0.493 e. The summed E-state index contributed by atoms with van der Waals surface area (Å²) in [6, 6.07) is 8.47. The molecule has 5 nitrogen and oxygen atoms in total. The molecular weight excluding hydrogens is 410 g/mol. The molecular formula is C21H26BrNO4. The highest BCUT2D eigenvalue weighted by molar-refractivity contribution is 9.10. The van der Waals surface area contributed by atoms with Gasteiger partial charge in [-0.1, -0.05) is 15.9 Å². The van der Waals surface area contributed by atoms with Crippen LogP contribution in [0.15, 0.2) is 28.7 Å². The van der Waals surface area contributed by atoms with E-state index in [0.29, 0.717) is 0 Å². The summed E-state index contributed by atoms with van der Waals surface area (Å²) in [7, 11) is 8.83. The number of benzene rings is 2. The van der Waals surface area contributed by atoms with Crippen LogP contribution in [-0.2, 0) is 12.8 Å². The molecule has 0 fully saturated rings. The summed E-state index contributed by atoms with van der Waals surface area (Å²) in [5.74, 6) is 3.01. The second kappa shape index (κ2) is 8.40. The van der Waals surface area contributed by atoms with E-state index >= 15 is 0 Å². The predicted octanol–water partition coefficient (Wildman–Crippen LogP) is 4.26. The van der Waals surface area contributed by atoms with Crippen LogP contribution in [-0.4, -0.2) is 46.9 Å². The zero-order valence-electron chi connectivity index (χ0n) is 16.5. The van der Waals surface area contributed by atoms with Crippen molar-refractivity contribution >= 4 is 15.9 Å². The molecule has 1 atom stereocenters. The Morgan fingerprint density at radius 2 is 1.44 bits per heavy atom. The minimum absolute atomic E-state index is 0.239. The fourth-order valence-electron chi connectivity index (χ4n) is 3.68. The highest BCUT2D eigenvalue weighted by atomic mass is 79.9. The van der Waals surface area contributed by atoms with Gasteiger partial charge in [0.15, 0.2) is 23.0 Å². The standard InChI is InChI=1S/C21H26BrNO4/c1-23-7-6-13-9-18(24-2)20(26-4)11-15(13)17(23)8-14-10-19(25-3)21(27-5)12-16(14)22/h9-12,17H,6-8H2,1-5H3/t17-/m1/s1. The summed E-state index contributed by atoms with van der Waals surface area (Å²) < 4.78 is 22.9. The molecule has 2 aromatic carbocycles. The molecule has 1 heterocycles. The summed E-state index contributed by atoms with van der Waals surface area (Å²) in [6.07, 6.45) is 1.84. The van der Waals surface area contributed by atoms with Gasteiger partial charge in [-0.2, -0.15) is 0 Å². The Labute approximate surface area is 169 Å². The Morgan fingerprint density at radius 1 is 0.889 bits per heavy atom. The Hall–Kier alpha value is -1.92. The molecule has 27 heavy (non-hydrogen) atoms. The van der Waals surface area contributed by atoms with Crippen LogP contribution in [0.25, 0.3) is 0 Å². The quantitative estimate of drug-likeness (QED) is 0.677. The van der Waals surface area contributed by atoms with E-state index < -0.39 is 0 Å². The first-order valence-corrected chi connectivity index (χ1v) is 9.67. The molecule has 0 saturated carbocycles. The van der Waals surface area contributed by atoms with Gasteiger partial charge in [0.2, 0.25) is 0 Å². The van der Waals surface area contributed by atoms with E-state index in [-0.39, 0.29) is 6.04 Å². The maximum Gasteiger partial charge on any atom is 0.161 e. The van der Waals surface area contributed by atoms with Gasteiger partial charge in [0.1, 0.15) is 0 Å². The molecule has 1 aliphatic rings. The van der Waals surface area contributed by atoms with E-state index in [2.05, 4.69) is 40.0 Å². The molecule has 0 N–H and O–H groups in total. The maximum absolute atomic E-state index is 5.54. The first-order valence-electron chi connectivity index (χ1n) is 8.87. The summed E-state index contributed by atoms with van der Waals surface area (Å²) >= 11 is 3.69. The third-order valence-corrected chi connectivity index (χ3v) is 5.97. The highest BCUT2D eigenvalue weighted by Gasteiger charge is 2.28. The van der Waals surface area contributed by atoms with E-state index in [9.17, 15) is 0 Å². The van der Waals surface area contributed by atoms with Crippen molar-refractivity contribution in [2.24, 2.45) is 0 Å². The first-order chi connectivity index (χ1) is 13.0. The molecule has 0 bridgehead atoms. The van der Waals surface area contributed by atoms with Crippen molar-refractivity contribution in [1.29, 1.82) is 0 Å². The molecule has 0 saturated heterocycles. The second-order valence-corrected chi connectivity index (χ2v) is 7.51. The Balaban J connectivity index is 2.01. The van der Waals surface area contributed by atoms with Gasteiger partial charge in [0.25, 0.3) is 0 Å². The minimum Gasteiger partial charge on any atom is -0.493 e. The number of ether oxygens (including phenoxy) is 4. The van der Waals surface area contributed by atoms with Gasteiger partial charge in [0.05, 0.1) is 28.4 Å². The molecule has 6 heteroatoms. The van der Waals surface area contributed by atoms with Gasteiger partial charge < -0.3 is 18.9 Å². The van der Waals surface area contributed by atoms with Crippen LogP contribution in [0, 0.1) is 0 Å². The number of nitrogens with zero attached hydrogens (tertiary/aromatic N) is 1. The van der Waals surface area contributed by atoms with Crippen LogP contribution in [0.3, 0.4) is 0 Å². The Bertz CT molecular complexity index is 824. The summed E-state index contributed by atoms with van der Waals surface area (Å²) in [6.45, 7) is 0.998. The number of methoxy groups -OCH3 is 4. The summed E-state index contributed by atoms with van der Waals surface area (Å²) in [4.78, 5) is 2.39. The first kappa shape index (κ1) is 19.8. The van der Waals surface area contributed by atoms with Crippen molar-refractivity contribution in [3.8, 4) is 23.0 Å². The molecule has 0 aromatic heterocycles. The lowest BCUT2D eigenvalue weighted by molar-refractivity contribution is 0.227. The van der Waals surface area contributed by atoms with Gasteiger partial charge in [-0.05, 0) is 60.8 Å². The average Bonchev–Trinajstić information content (AvgIpc) is 2.69. The number of hydrogen-bond donors (Lipinski definition) is 0. The van der Waals surface area contributed by atoms with E-state index in [4.69, 9.17) is 18.9 Å². The van der Waals surface area contributed by atoms with E-state index in [1.165, 1.54) is 16.7 Å². The SMILES string of the molecule is COc1cc(Br)c(C[C@@H]2c3cc(OC)c(OC)cc3CCN2C)cc1OC. The van der Waals surface area contributed by atoms with Crippen molar-refractivity contribution in [3.63, 3.8) is 0 Å². The third-order valence-electron chi connectivity index (χ3n) is 5.24. The van der Waals surface area contributed by atoms with Gasteiger partial charge in [-0.15, -0.1) is 0 Å². The average molecular weight is 436 g/mol. The van der Waals surface area contributed by atoms with Crippen LogP contribution in [0.1, 0.15) is 22.7 Å². The van der Waals surface area contributed by atoms with E-state index in [0.717, 1.165) is 46.9 Å². The van der Waals surface area contributed by atoms with Gasteiger partial charge in [0, 0.05) is 17.1 Å². The number of rotatable bonds is 6. The number of hydrogen-bond acceptors (Lipinski definition) is 5. The van der Waals surface area contributed by atoms with Crippen LogP contribution in [0.2, 0.25) is 0 Å². The maximum atomic E-state index is 5.54. The van der Waals surface area contributed by atoms with Gasteiger partial charge >= 0.3 is 0 Å². The van der Waals surface area contributed by atoms with Crippen molar-refractivity contribution in [1.82, 2.24) is 4.90 Å². The predicted molar refractivity (Wildman–Crippen MR) is 110 cm³/mol. The lowest BCUT2D eigenvalue weighted by atomic mass is 9.88. The number of halogens is 1. The third kappa shape index (κ3) is 3.87. The highest BCUT2D eigenvalue weighted by Crippen LogP contribution is 2.41. The Kier molecular flexibility index (Phi) is 6.17. The molecule has 1 aliphatic heterocycles. The van der Waals surface area contributed by atoms with E-state index in [1.807, 2.05) is 12.1 Å². The molecule has 0 unspecified atom stereocenters. The normalized spacial score (nSPS) is 16.6. The minimum atomic E-state index is 0.239. The molecule has 0 spiro atoms. The fraction of sp³-hybridized carbons (Fsp3) is 0.429. The van der Waals surface area contributed by atoms with Gasteiger partial charge in [-0.3, -0.25) is 4.90 Å². The van der Waals surface area contributed by atoms with Crippen LogP contribution in [0.4, 0.5) is 0 Å². The van der Waals surface area contributed by atoms with Crippen LogP contribution >= 0.6 is 15.9 Å². The van der Waals surface area contributed by atoms with Crippen molar-refractivity contribution < 1.29 is 18.9 Å². The second-order valence-electron chi connectivity index (χ2n) is 6.66. The Morgan fingerprint density at radius 3 is 2.07 bits per heavy atom. The monoisotopic (exact) mass is 435 g/mol. The lowest BCUT2D eigenvalue weighted by Crippen LogP contribution is -2.33. The van der Waals surface area contributed by atoms with Crippen molar-refractivity contribution in [2.45, 2.75) is 18.9 Å². The summed E-state index contributed by atoms with van der Waals surface area (Å²) in [5, 5.41) is 0. The zero-order chi connectivity index (χ0) is 19.6. The molecule has 146 valence electrons. The van der Waals surface area contributed by atoms with E-state index in [1.54, 1.807) is 28.4 Å². The zero-order valence-corrected chi connectivity index (χ0v) is 18.1. The van der Waals surface area contributed by atoms with Gasteiger partial charge in [-0.25, -0.2) is 0 Å². The summed E-state index contributed by atoms with van der Waals surface area (Å²) in [5.41, 5.74) is 3.77. The fourth-order valence-corrected chi connectivity index (χ4v) is 4.16. The topological polar surface area (TPSA) is 40.2 Å².